The average Bonchev–Trinajstić information content (AvgIpc) is 3.07. The van der Waals surface area contributed by atoms with Crippen molar-refractivity contribution in [3.05, 3.63) is 56.9 Å². The van der Waals surface area contributed by atoms with Gasteiger partial charge in [0.05, 0.1) is 11.4 Å². The number of aromatic nitrogens is 3. The number of hydrogen-bond donors (Lipinski definition) is 1. The van der Waals surface area contributed by atoms with E-state index in [1.807, 2.05) is 34.2 Å². The summed E-state index contributed by atoms with van der Waals surface area (Å²) >= 11 is 6.93. The maximum absolute atomic E-state index is 13.7. The summed E-state index contributed by atoms with van der Waals surface area (Å²) in [6.45, 7) is 4.13. The van der Waals surface area contributed by atoms with Crippen molar-refractivity contribution in [1.82, 2.24) is 14.8 Å². The van der Waals surface area contributed by atoms with Crippen LogP contribution in [0.2, 0.25) is 0 Å². The fourth-order valence-corrected chi connectivity index (χ4v) is 3.29. The molecule has 0 fully saturated rings. The first-order valence-electron chi connectivity index (χ1n) is 6.51. The zero-order valence-corrected chi connectivity index (χ0v) is 13.3. The van der Waals surface area contributed by atoms with Crippen LogP contribution in [0.3, 0.4) is 0 Å². The van der Waals surface area contributed by atoms with E-state index in [1.54, 1.807) is 25.2 Å². The van der Waals surface area contributed by atoms with E-state index in [1.165, 1.54) is 0 Å². The third-order valence-corrected chi connectivity index (χ3v) is 4.51. The van der Waals surface area contributed by atoms with Crippen molar-refractivity contribution in [2.45, 2.75) is 20.4 Å². The predicted molar refractivity (Wildman–Crippen MR) is 85.7 cm³/mol. The monoisotopic (exact) mass is 319 g/mol. The number of halogens is 1. The molecule has 6 heteroatoms. The van der Waals surface area contributed by atoms with E-state index in [2.05, 4.69) is 10.2 Å². The van der Waals surface area contributed by atoms with Gasteiger partial charge in [0.25, 0.3) is 0 Å². The molecule has 0 aliphatic heterocycles. The molecule has 0 radical (unpaired) electrons. The van der Waals surface area contributed by atoms with Crippen LogP contribution in [0.1, 0.15) is 16.7 Å². The Kier molecular flexibility index (Phi) is 3.73. The molecule has 0 amide bonds. The lowest BCUT2D eigenvalue weighted by atomic mass is 10.1. The number of aryl methyl sites for hydroxylation is 2. The Morgan fingerprint density at radius 1 is 1.33 bits per heavy atom. The van der Waals surface area contributed by atoms with E-state index >= 15 is 0 Å². The number of thiophene rings is 1. The predicted octanol–water partition coefficient (Wildman–Crippen LogP) is 4.47. The third-order valence-electron chi connectivity index (χ3n) is 3.34. The molecule has 0 bridgehead atoms. The lowest BCUT2D eigenvalue weighted by Gasteiger charge is -2.09. The van der Waals surface area contributed by atoms with Gasteiger partial charge in [-0.1, -0.05) is 18.2 Å². The highest BCUT2D eigenvalue weighted by atomic mass is 32.1. The van der Waals surface area contributed by atoms with Crippen molar-refractivity contribution in [3.8, 4) is 10.7 Å². The Bertz CT molecular complexity index is 808. The van der Waals surface area contributed by atoms with Crippen LogP contribution in [-0.4, -0.2) is 14.8 Å². The van der Waals surface area contributed by atoms with Crippen molar-refractivity contribution in [2.75, 3.05) is 0 Å². The van der Waals surface area contributed by atoms with Gasteiger partial charge in [0.1, 0.15) is 5.82 Å². The molecule has 3 aromatic rings. The summed E-state index contributed by atoms with van der Waals surface area (Å²) in [6, 6.07) is 7.70. The molecule has 3 rings (SSSR count). The summed E-state index contributed by atoms with van der Waals surface area (Å²) in [5.74, 6) is 0.669. The number of nitrogens with zero attached hydrogens (tertiary/aromatic N) is 2. The fourth-order valence-electron chi connectivity index (χ4n) is 2.37. The van der Waals surface area contributed by atoms with Gasteiger partial charge in [0, 0.05) is 0 Å². The molecule has 2 heterocycles. The molecule has 0 aliphatic rings. The molecular formula is C15H14FN3S2. The Hall–Kier alpha value is -1.79. The lowest BCUT2D eigenvalue weighted by molar-refractivity contribution is 0.607. The minimum Gasteiger partial charge on any atom is -0.295 e. The minimum atomic E-state index is -0.145. The van der Waals surface area contributed by atoms with Crippen molar-refractivity contribution in [1.29, 1.82) is 0 Å². The molecule has 2 aromatic heterocycles. The summed E-state index contributed by atoms with van der Waals surface area (Å²) in [5.41, 5.74) is 2.32. The second-order valence-corrected chi connectivity index (χ2v) is 6.29. The van der Waals surface area contributed by atoms with E-state index < -0.39 is 0 Å². The molecule has 21 heavy (non-hydrogen) atoms. The smallest absolute Gasteiger partial charge is 0.195 e. The lowest BCUT2D eigenvalue weighted by Crippen LogP contribution is -2.03. The molecule has 0 atom stereocenters. The number of H-pyrrole nitrogens is 1. The summed E-state index contributed by atoms with van der Waals surface area (Å²) in [5, 5.41) is 9.14. The normalized spacial score (nSPS) is 11.0. The Balaban J connectivity index is 2.03. The number of aromatic amines is 1. The van der Waals surface area contributed by atoms with Crippen molar-refractivity contribution < 1.29 is 4.39 Å². The number of rotatable bonds is 3. The van der Waals surface area contributed by atoms with E-state index in [9.17, 15) is 4.39 Å². The SMILES string of the molecule is Cc1cc(Cn2c(-c3cccs3)n[nH]c2=S)cc(C)c1F. The van der Waals surface area contributed by atoms with E-state index in [0.717, 1.165) is 16.3 Å². The van der Waals surface area contributed by atoms with Gasteiger partial charge >= 0.3 is 0 Å². The van der Waals surface area contributed by atoms with Gasteiger partial charge in [-0.15, -0.1) is 11.3 Å². The summed E-state index contributed by atoms with van der Waals surface area (Å²) in [7, 11) is 0. The van der Waals surface area contributed by atoms with Crippen LogP contribution in [-0.2, 0) is 6.54 Å². The number of benzene rings is 1. The van der Waals surface area contributed by atoms with Crippen LogP contribution < -0.4 is 0 Å². The van der Waals surface area contributed by atoms with Gasteiger partial charge in [-0.3, -0.25) is 9.67 Å². The zero-order chi connectivity index (χ0) is 15.0. The van der Waals surface area contributed by atoms with Crippen LogP contribution in [0.5, 0.6) is 0 Å². The fraction of sp³-hybridized carbons (Fsp3) is 0.200. The molecule has 1 N–H and O–H groups in total. The Labute approximate surface area is 131 Å². The molecule has 0 spiro atoms. The van der Waals surface area contributed by atoms with Crippen molar-refractivity contribution in [2.24, 2.45) is 0 Å². The van der Waals surface area contributed by atoms with Crippen LogP contribution in [0.15, 0.2) is 29.6 Å². The zero-order valence-electron chi connectivity index (χ0n) is 11.7. The molecule has 0 saturated carbocycles. The van der Waals surface area contributed by atoms with Gasteiger partial charge in [-0.25, -0.2) is 4.39 Å². The van der Waals surface area contributed by atoms with Crippen LogP contribution in [0, 0.1) is 24.4 Å². The summed E-state index contributed by atoms with van der Waals surface area (Å²) in [6.07, 6.45) is 0. The largest absolute Gasteiger partial charge is 0.295 e. The highest BCUT2D eigenvalue weighted by Crippen LogP contribution is 2.24. The maximum atomic E-state index is 13.7. The standard InChI is InChI=1S/C15H14FN3S2/c1-9-6-11(7-10(2)13(9)16)8-19-14(17-18-15(19)20)12-4-3-5-21-12/h3-7H,8H2,1-2H3,(H,18,20). The number of nitrogens with one attached hydrogen (secondary N) is 1. The maximum Gasteiger partial charge on any atom is 0.195 e. The van der Waals surface area contributed by atoms with Gasteiger partial charge in [0.2, 0.25) is 0 Å². The molecule has 3 nitrogen and oxygen atoms in total. The molecule has 108 valence electrons. The van der Waals surface area contributed by atoms with Gasteiger partial charge < -0.3 is 0 Å². The topological polar surface area (TPSA) is 33.6 Å². The second-order valence-electron chi connectivity index (χ2n) is 4.96. The van der Waals surface area contributed by atoms with E-state index in [4.69, 9.17) is 12.2 Å². The van der Waals surface area contributed by atoms with Gasteiger partial charge in [0.15, 0.2) is 10.6 Å². The van der Waals surface area contributed by atoms with Gasteiger partial charge in [-0.05, 0) is 54.2 Å². The van der Waals surface area contributed by atoms with Crippen LogP contribution in [0.25, 0.3) is 10.7 Å². The quantitative estimate of drug-likeness (QED) is 0.722. The third kappa shape index (κ3) is 2.69. The summed E-state index contributed by atoms with van der Waals surface area (Å²) in [4.78, 5) is 1.05. The highest BCUT2D eigenvalue weighted by Gasteiger charge is 2.11. The minimum absolute atomic E-state index is 0.145. The Morgan fingerprint density at radius 3 is 2.67 bits per heavy atom. The molecule has 0 aliphatic carbocycles. The molecule has 0 saturated heterocycles. The van der Waals surface area contributed by atoms with E-state index in [-0.39, 0.29) is 5.82 Å². The van der Waals surface area contributed by atoms with Crippen LogP contribution >= 0.6 is 23.6 Å². The first-order chi connectivity index (χ1) is 10.1. The molecule has 0 unspecified atom stereocenters. The number of hydrogen-bond acceptors (Lipinski definition) is 3. The first kappa shape index (κ1) is 14.2. The molecular weight excluding hydrogens is 305 g/mol. The second kappa shape index (κ2) is 5.54. The Morgan fingerprint density at radius 2 is 2.05 bits per heavy atom. The van der Waals surface area contributed by atoms with Crippen molar-refractivity contribution >= 4 is 23.6 Å². The molecule has 1 aromatic carbocycles. The first-order valence-corrected chi connectivity index (χ1v) is 7.80. The van der Waals surface area contributed by atoms with E-state index in [0.29, 0.717) is 22.4 Å². The average molecular weight is 319 g/mol. The highest BCUT2D eigenvalue weighted by molar-refractivity contribution is 7.71. The van der Waals surface area contributed by atoms with Crippen LogP contribution in [0.4, 0.5) is 4.39 Å². The summed E-state index contributed by atoms with van der Waals surface area (Å²) < 4.78 is 16.2. The van der Waals surface area contributed by atoms with Gasteiger partial charge in [-0.2, -0.15) is 5.10 Å². The van der Waals surface area contributed by atoms with Crippen molar-refractivity contribution in [3.63, 3.8) is 0 Å².